The first-order chi connectivity index (χ1) is 7.19. The highest BCUT2D eigenvalue weighted by Gasteiger charge is 2.29. The molecule has 1 aliphatic rings. The van der Waals surface area contributed by atoms with Gasteiger partial charge in [-0.25, -0.2) is 0 Å². The van der Waals surface area contributed by atoms with Crippen LogP contribution in [0.2, 0.25) is 0 Å². The summed E-state index contributed by atoms with van der Waals surface area (Å²) >= 11 is 0. The first kappa shape index (κ1) is 12.5. The number of hydrogen-bond donors (Lipinski definition) is 2. The third kappa shape index (κ3) is 3.47. The molecule has 0 aromatic heterocycles. The number of hydrogen-bond acceptors (Lipinski definition) is 3. The van der Waals surface area contributed by atoms with Crippen LogP contribution in [0.1, 0.15) is 32.6 Å². The second-order valence-electron chi connectivity index (χ2n) is 4.35. The molecule has 1 saturated heterocycles. The molecule has 0 saturated carbocycles. The molecule has 0 radical (unpaired) electrons. The molecule has 1 amide bonds. The number of aliphatic hydroxyl groups excluding tert-OH is 1. The van der Waals surface area contributed by atoms with Crippen molar-refractivity contribution in [3.63, 3.8) is 0 Å². The van der Waals surface area contributed by atoms with Crippen molar-refractivity contribution in [3.05, 3.63) is 0 Å². The van der Waals surface area contributed by atoms with E-state index in [1.54, 1.807) is 0 Å². The van der Waals surface area contributed by atoms with Crippen molar-refractivity contribution in [2.45, 2.75) is 38.6 Å². The van der Waals surface area contributed by atoms with Gasteiger partial charge in [-0.05, 0) is 25.2 Å². The summed E-state index contributed by atoms with van der Waals surface area (Å²) in [6, 6.07) is -0.290. The summed E-state index contributed by atoms with van der Waals surface area (Å²) in [5.41, 5.74) is 5.65. The number of carbonyl (C=O) groups is 1. The van der Waals surface area contributed by atoms with Crippen molar-refractivity contribution < 1.29 is 9.90 Å². The molecule has 0 aromatic rings. The third-order valence-electron chi connectivity index (χ3n) is 3.05. The smallest absolute Gasteiger partial charge is 0.239 e. The van der Waals surface area contributed by atoms with E-state index in [1.807, 2.05) is 4.90 Å². The Morgan fingerprint density at radius 3 is 2.80 bits per heavy atom. The predicted molar refractivity (Wildman–Crippen MR) is 59.3 cm³/mol. The van der Waals surface area contributed by atoms with Crippen molar-refractivity contribution >= 4 is 5.91 Å². The van der Waals surface area contributed by atoms with E-state index < -0.39 is 0 Å². The molecule has 0 aromatic carbocycles. The van der Waals surface area contributed by atoms with Gasteiger partial charge in [0.15, 0.2) is 0 Å². The molecule has 2 unspecified atom stereocenters. The number of rotatable bonds is 6. The van der Waals surface area contributed by atoms with Crippen LogP contribution in [0.5, 0.6) is 0 Å². The summed E-state index contributed by atoms with van der Waals surface area (Å²) < 4.78 is 0. The van der Waals surface area contributed by atoms with Gasteiger partial charge in [0, 0.05) is 19.7 Å². The zero-order valence-corrected chi connectivity index (χ0v) is 9.48. The second kappa shape index (κ2) is 6.08. The van der Waals surface area contributed by atoms with Gasteiger partial charge in [0.2, 0.25) is 5.91 Å². The molecule has 2 atom stereocenters. The summed E-state index contributed by atoms with van der Waals surface area (Å²) in [6.07, 6.45) is 3.72. The molecule has 88 valence electrons. The molecule has 0 aliphatic carbocycles. The Labute approximate surface area is 91.4 Å². The molecule has 1 aliphatic heterocycles. The lowest BCUT2D eigenvalue weighted by Crippen LogP contribution is -2.37. The third-order valence-corrected chi connectivity index (χ3v) is 3.05. The van der Waals surface area contributed by atoms with E-state index in [9.17, 15) is 4.79 Å². The lowest BCUT2D eigenvalue weighted by molar-refractivity contribution is -0.129. The number of aliphatic hydroxyl groups is 1. The molecule has 0 spiro atoms. The van der Waals surface area contributed by atoms with Crippen LogP contribution in [0, 0.1) is 5.92 Å². The highest BCUT2D eigenvalue weighted by atomic mass is 16.3. The Balaban J connectivity index is 2.40. The maximum atomic E-state index is 11.6. The summed E-state index contributed by atoms with van der Waals surface area (Å²) in [4.78, 5) is 13.4. The van der Waals surface area contributed by atoms with Gasteiger partial charge in [0.05, 0.1) is 6.04 Å². The minimum absolute atomic E-state index is 0.0778. The monoisotopic (exact) mass is 214 g/mol. The average molecular weight is 214 g/mol. The molecule has 1 heterocycles. The van der Waals surface area contributed by atoms with Crippen LogP contribution in [-0.2, 0) is 4.79 Å². The molecule has 1 fully saturated rings. The van der Waals surface area contributed by atoms with Crippen LogP contribution >= 0.6 is 0 Å². The van der Waals surface area contributed by atoms with E-state index in [0.29, 0.717) is 5.92 Å². The Hall–Kier alpha value is -0.610. The van der Waals surface area contributed by atoms with Gasteiger partial charge >= 0.3 is 0 Å². The summed E-state index contributed by atoms with van der Waals surface area (Å²) in [6.45, 7) is 3.88. The normalized spacial score (nSPS) is 23.5. The van der Waals surface area contributed by atoms with Crippen molar-refractivity contribution in [1.82, 2.24) is 4.90 Å². The van der Waals surface area contributed by atoms with E-state index in [0.717, 1.165) is 38.8 Å². The molecule has 0 bridgehead atoms. The number of carbonyl (C=O) groups excluding carboxylic acids is 1. The minimum Gasteiger partial charge on any atom is -0.396 e. The van der Waals surface area contributed by atoms with Crippen LogP contribution in [0.15, 0.2) is 0 Å². The van der Waals surface area contributed by atoms with Crippen LogP contribution in [-0.4, -0.2) is 41.7 Å². The van der Waals surface area contributed by atoms with Crippen molar-refractivity contribution in [2.75, 3.05) is 19.7 Å². The number of amides is 1. The number of nitrogens with zero attached hydrogens (tertiary/aromatic N) is 1. The maximum absolute atomic E-state index is 11.6. The maximum Gasteiger partial charge on any atom is 0.239 e. The number of likely N-dealkylation sites (tertiary alicyclic amines) is 1. The van der Waals surface area contributed by atoms with E-state index in [-0.39, 0.29) is 18.6 Å². The summed E-state index contributed by atoms with van der Waals surface area (Å²) in [5.74, 6) is 0.503. The van der Waals surface area contributed by atoms with Crippen LogP contribution < -0.4 is 5.73 Å². The Morgan fingerprint density at radius 1 is 1.60 bits per heavy atom. The van der Waals surface area contributed by atoms with Crippen LogP contribution in [0.4, 0.5) is 0 Å². The van der Waals surface area contributed by atoms with Gasteiger partial charge in [0.1, 0.15) is 0 Å². The van der Waals surface area contributed by atoms with Crippen LogP contribution in [0.25, 0.3) is 0 Å². The molecule has 1 rings (SSSR count). The molecule has 15 heavy (non-hydrogen) atoms. The highest BCUT2D eigenvalue weighted by Crippen LogP contribution is 2.17. The molecule has 4 nitrogen and oxygen atoms in total. The fraction of sp³-hybridized carbons (Fsp3) is 0.909. The second-order valence-corrected chi connectivity index (χ2v) is 4.35. The molecular weight excluding hydrogens is 192 g/mol. The van der Waals surface area contributed by atoms with Gasteiger partial charge in [-0.3, -0.25) is 4.79 Å². The lowest BCUT2D eigenvalue weighted by atomic mass is 10.00. The Bertz CT molecular complexity index is 203. The Morgan fingerprint density at radius 2 is 2.33 bits per heavy atom. The van der Waals surface area contributed by atoms with Crippen molar-refractivity contribution in [2.24, 2.45) is 11.7 Å². The van der Waals surface area contributed by atoms with Crippen LogP contribution in [0.3, 0.4) is 0 Å². The molecule has 4 heteroatoms. The van der Waals surface area contributed by atoms with Gasteiger partial charge in [-0.15, -0.1) is 0 Å². The lowest BCUT2D eigenvalue weighted by Gasteiger charge is -2.23. The van der Waals surface area contributed by atoms with E-state index in [4.69, 9.17) is 10.8 Å². The zero-order chi connectivity index (χ0) is 11.3. The van der Waals surface area contributed by atoms with E-state index in [2.05, 4.69) is 6.92 Å². The fourth-order valence-corrected chi connectivity index (χ4v) is 2.17. The first-order valence-electron chi connectivity index (χ1n) is 5.84. The van der Waals surface area contributed by atoms with E-state index >= 15 is 0 Å². The minimum atomic E-state index is -0.290. The van der Waals surface area contributed by atoms with E-state index in [1.165, 1.54) is 0 Å². The SMILES string of the molecule is CCCC(CCO)CN1CCC(N)C1=O. The topological polar surface area (TPSA) is 66.6 Å². The predicted octanol–water partition coefficient (Wildman–Crippen LogP) is 0.345. The standard InChI is InChI=1S/C11H22N2O2/c1-2-3-9(5-7-14)8-13-6-4-10(12)11(13)15/h9-10,14H,2-8,12H2,1H3. The van der Waals surface area contributed by atoms with Crippen molar-refractivity contribution in [3.8, 4) is 0 Å². The quantitative estimate of drug-likeness (QED) is 0.670. The highest BCUT2D eigenvalue weighted by molar-refractivity contribution is 5.83. The summed E-state index contributed by atoms with van der Waals surface area (Å²) in [5, 5.41) is 8.93. The molecular formula is C11H22N2O2. The van der Waals surface area contributed by atoms with Gasteiger partial charge in [-0.2, -0.15) is 0 Å². The Kier molecular flexibility index (Phi) is 5.05. The van der Waals surface area contributed by atoms with Crippen molar-refractivity contribution in [1.29, 1.82) is 0 Å². The summed E-state index contributed by atoms with van der Waals surface area (Å²) in [7, 11) is 0. The van der Waals surface area contributed by atoms with Gasteiger partial charge in [-0.1, -0.05) is 13.3 Å². The largest absolute Gasteiger partial charge is 0.396 e. The fourth-order valence-electron chi connectivity index (χ4n) is 2.17. The zero-order valence-electron chi connectivity index (χ0n) is 9.48. The first-order valence-corrected chi connectivity index (χ1v) is 5.84. The van der Waals surface area contributed by atoms with Gasteiger partial charge in [0.25, 0.3) is 0 Å². The molecule has 3 N–H and O–H groups in total. The van der Waals surface area contributed by atoms with Gasteiger partial charge < -0.3 is 15.7 Å². The number of nitrogens with two attached hydrogens (primary N) is 1. The average Bonchev–Trinajstić information content (AvgIpc) is 2.51.